The van der Waals surface area contributed by atoms with Crippen molar-refractivity contribution in [1.82, 2.24) is 19.4 Å². The van der Waals surface area contributed by atoms with Crippen LogP contribution < -0.4 is 5.32 Å². The van der Waals surface area contributed by atoms with Crippen LogP contribution in [0.3, 0.4) is 0 Å². The monoisotopic (exact) mass is 351 g/mol. The molecule has 0 spiro atoms. The lowest BCUT2D eigenvalue weighted by Crippen LogP contribution is -2.41. The summed E-state index contributed by atoms with van der Waals surface area (Å²) in [5.74, 6) is 0.513. The van der Waals surface area contributed by atoms with E-state index in [1.54, 1.807) is 12.5 Å². The molecule has 1 fully saturated rings. The first-order chi connectivity index (χ1) is 12.7. The van der Waals surface area contributed by atoms with Gasteiger partial charge in [0.2, 0.25) is 5.91 Å². The Morgan fingerprint density at radius 2 is 2.04 bits per heavy atom. The van der Waals surface area contributed by atoms with Gasteiger partial charge in [-0.25, -0.2) is 9.97 Å². The van der Waals surface area contributed by atoms with E-state index in [1.165, 1.54) is 0 Å². The Morgan fingerprint density at radius 3 is 2.81 bits per heavy atom. The van der Waals surface area contributed by atoms with E-state index < -0.39 is 0 Å². The van der Waals surface area contributed by atoms with Crippen LogP contribution in [-0.2, 0) is 16.6 Å². The van der Waals surface area contributed by atoms with Crippen molar-refractivity contribution in [2.45, 2.75) is 0 Å². The number of pyridine rings is 1. The average molecular weight is 351 g/mol. The standard InChI is InChI=1S/C19H21N5O2/c1-23-13-20-11-17(23)14-2-3-15-10-21-18(9-16(15)8-14)22-19(25)12-24-4-6-26-7-5-24/h2-3,8-11,13H,4-7,12H2,1H3,(H,21,22,25). The number of carbonyl (C=O) groups is 1. The Bertz CT molecular complexity index is 931. The molecule has 1 aliphatic heterocycles. The number of rotatable bonds is 4. The molecule has 0 aliphatic carbocycles. The summed E-state index contributed by atoms with van der Waals surface area (Å²) >= 11 is 0. The first kappa shape index (κ1) is 16.7. The lowest BCUT2D eigenvalue weighted by molar-refractivity contribution is -0.118. The Labute approximate surface area is 151 Å². The number of nitrogens with zero attached hydrogens (tertiary/aromatic N) is 4. The number of carbonyl (C=O) groups excluding carboxylic acids is 1. The Balaban J connectivity index is 1.52. The van der Waals surface area contributed by atoms with Crippen LogP contribution >= 0.6 is 0 Å². The van der Waals surface area contributed by atoms with Crippen LogP contribution in [0.5, 0.6) is 0 Å². The molecule has 0 bridgehead atoms. The van der Waals surface area contributed by atoms with Crippen molar-refractivity contribution in [3.8, 4) is 11.3 Å². The summed E-state index contributed by atoms with van der Waals surface area (Å²) in [4.78, 5) is 22.9. The van der Waals surface area contributed by atoms with Crippen LogP contribution in [0.25, 0.3) is 22.0 Å². The Kier molecular flexibility index (Phi) is 4.64. The lowest BCUT2D eigenvalue weighted by Gasteiger charge is -2.25. The van der Waals surface area contributed by atoms with Crippen LogP contribution in [-0.4, -0.2) is 58.2 Å². The van der Waals surface area contributed by atoms with Gasteiger partial charge in [0.05, 0.1) is 38.0 Å². The predicted octanol–water partition coefficient (Wildman–Crippen LogP) is 1.91. The minimum Gasteiger partial charge on any atom is -0.379 e. The molecule has 3 heterocycles. The molecule has 26 heavy (non-hydrogen) atoms. The summed E-state index contributed by atoms with van der Waals surface area (Å²) in [7, 11) is 1.97. The number of morpholine rings is 1. The van der Waals surface area contributed by atoms with Crippen LogP contribution in [0.15, 0.2) is 43.0 Å². The topological polar surface area (TPSA) is 72.3 Å². The smallest absolute Gasteiger partial charge is 0.239 e. The minimum absolute atomic E-state index is 0.0541. The van der Waals surface area contributed by atoms with Crippen molar-refractivity contribution in [3.05, 3.63) is 43.0 Å². The van der Waals surface area contributed by atoms with Gasteiger partial charge in [0, 0.05) is 37.3 Å². The zero-order chi connectivity index (χ0) is 17.9. The highest BCUT2D eigenvalue weighted by molar-refractivity contribution is 5.94. The van der Waals surface area contributed by atoms with Gasteiger partial charge in [0.25, 0.3) is 0 Å². The number of hydrogen-bond donors (Lipinski definition) is 1. The van der Waals surface area contributed by atoms with Crippen molar-refractivity contribution in [2.75, 3.05) is 38.2 Å². The van der Waals surface area contributed by atoms with E-state index in [0.29, 0.717) is 25.6 Å². The summed E-state index contributed by atoms with van der Waals surface area (Å²) in [6.45, 7) is 3.29. The average Bonchev–Trinajstić information content (AvgIpc) is 3.08. The molecule has 1 aromatic carbocycles. The number of nitrogens with one attached hydrogen (secondary N) is 1. The molecule has 0 radical (unpaired) electrons. The molecule has 0 unspecified atom stereocenters. The van der Waals surface area contributed by atoms with Crippen molar-refractivity contribution in [2.24, 2.45) is 7.05 Å². The van der Waals surface area contributed by atoms with Gasteiger partial charge < -0.3 is 14.6 Å². The molecule has 3 aromatic rings. The van der Waals surface area contributed by atoms with E-state index in [-0.39, 0.29) is 5.91 Å². The lowest BCUT2D eigenvalue weighted by atomic mass is 10.1. The fraction of sp³-hybridized carbons (Fsp3) is 0.316. The van der Waals surface area contributed by atoms with E-state index in [9.17, 15) is 4.79 Å². The van der Waals surface area contributed by atoms with E-state index in [0.717, 1.165) is 35.1 Å². The maximum absolute atomic E-state index is 12.3. The third-order valence-corrected chi connectivity index (χ3v) is 4.57. The quantitative estimate of drug-likeness (QED) is 0.777. The predicted molar refractivity (Wildman–Crippen MR) is 99.8 cm³/mol. The maximum atomic E-state index is 12.3. The molecule has 1 aliphatic rings. The van der Waals surface area contributed by atoms with Crippen molar-refractivity contribution in [1.29, 1.82) is 0 Å². The van der Waals surface area contributed by atoms with Crippen LogP contribution in [0.1, 0.15) is 0 Å². The highest BCUT2D eigenvalue weighted by Crippen LogP contribution is 2.25. The molecule has 0 atom stereocenters. The van der Waals surface area contributed by atoms with E-state index in [1.807, 2.05) is 29.9 Å². The molecule has 134 valence electrons. The third kappa shape index (κ3) is 3.58. The summed E-state index contributed by atoms with van der Waals surface area (Å²) in [5, 5.41) is 4.95. The van der Waals surface area contributed by atoms with Gasteiger partial charge >= 0.3 is 0 Å². The van der Waals surface area contributed by atoms with Gasteiger partial charge in [0.15, 0.2) is 0 Å². The molecule has 1 N–H and O–H groups in total. The molecule has 7 heteroatoms. The molecular weight excluding hydrogens is 330 g/mol. The maximum Gasteiger partial charge on any atom is 0.239 e. The second-order valence-corrected chi connectivity index (χ2v) is 6.46. The normalized spacial score (nSPS) is 15.3. The second kappa shape index (κ2) is 7.23. The molecule has 1 amide bonds. The molecule has 7 nitrogen and oxygen atoms in total. The Morgan fingerprint density at radius 1 is 1.19 bits per heavy atom. The number of ether oxygens (including phenoxy) is 1. The zero-order valence-electron chi connectivity index (χ0n) is 14.7. The number of aromatic nitrogens is 3. The number of hydrogen-bond acceptors (Lipinski definition) is 5. The first-order valence-corrected chi connectivity index (χ1v) is 8.65. The van der Waals surface area contributed by atoms with Crippen molar-refractivity contribution < 1.29 is 9.53 Å². The van der Waals surface area contributed by atoms with Crippen LogP contribution in [0, 0.1) is 0 Å². The van der Waals surface area contributed by atoms with Gasteiger partial charge in [-0.05, 0) is 17.5 Å². The minimum atomic E-state index is -0.0541. The number of imidazole rings is 1. The van der Waals surface area contributed by atoms with E-state index in [4.69, 9.17) is 4.74 Å². The second-order valence-electron chi connectivity index (χ2n) is 6.46. The van der Waals surface area contributed by atoms with Gasteiger partial charge in [-0.3, -0.25) is 9.69 Å². The molecule has 1 saturated heterocycles. The molecule has 2 aromatic heterocycles. The summed E-state index contributed by atoms with van der Waals surface area (Å²) in [6, 6.07) is 8.08. The summed E-state index contributed by atoms with van der Waals surface area (Å²) in [5.41, 5.74) is 2.12. The summed E-state index contributed by atoms with van der Waals surface area (Å²) in [6.07, 6.45) is 5.41. The van der Waals surface area contributed by atoms with Gasteiger partial charge in [-0.1, -0.05) is 12.1 Å². The van der Waals surface area contributed by atoms with E-state index in [2.05, 4.69) is 32.3 Å². The number of aryl methyl sites for hydroxylation is 1. The number of amides is 1. The number of anilines is 1. The largest absolute Gasteiger partial charge is 0.379 e. The zero-order valence-corrected chi connectivity index (χ0v) is 14.7. The molecule has 0 saturated carbocycles. The van der Waals surface area contributed by atoms with Crippen molar-refractivity contribution >= 4 is 22.5 Å². The van der Waals surface area contributed by atoms with Crippen LogP contribution in [0.2, 0.25) is 0 Å². The molecule has 4 rings (SSSR count). The van der Waals surface area contributed by atoms with Crippen LogP contribution in [0.4, 0.5) is 5.82 Å². The fourth-order valence-electron chi connectivity index (χ4n) is 3.15. The highest BCUT2D eigenvalue weighted by atomic mass is 16.5. The highest BCUT2D eigenvalue weighted by Gasteiger charge is 2.14. The third-order valence-electron chi connectivity index (χ3n) is 4.57. The SMILES string of the molecule is Cn1cncc1-c1ccc2cnc(NC(=O)CN3CCOCC3)cc2c1. The number of benzene rings is 1. The first-order valence-electron chi connectivity index (χ1n) is 8.65. The molecular formula is C19H21N5O2. The fourth-order valence-corrected chi connectivity index (χ4v) is 3.15. The number of fused-ring (bicyclic) bond motifs is 1. The summed E-state index contributed by atoms with van der Waals surface area (Å²) < 4.78 is 7.29. The van der Waals surface area contributed by atoms with Crippen molar-refractivity contribution in [3.63, 3.8) is 0 Å². The van der Waals surface area contributed by atoms with Gasteiger partial charge in [-0.15, -0.1) is 0 Å². The van der Waals surface area contributed by atoms with E-state index >= 15 is 0 Å². The van der Waals surface area contributed by atoms with Gasteiger partial charge in [-0.2, -0.15) is 0 Å². The Hall–Kier alpha value is -2.77. The van der Waals surface area contributed by atoms with Gasteiger partial charge in [0.1, 0.15) is 5.82 Å².